The van der Waals surface area contributed by atoms with Gasteiger partial charge < -0.3 is 20.7 Å². The average Bonchev–Trinajstić information content (AvgIpc) is 2.66. The second kappa shape index (κ2) is 7.82. The molecule has 7 nitrogen and oxygen atoms in total. The van der Waals surface area contributed by atoms with Crippen LogP contribution in [-0.2, 0) is 15.8 Å². The third-order valence-electron chi connectivity index (χ3n) is 4.08. The summed E-state index contributed by atoms with van der Waals surface area (Å²) < 4.78 is 43.0. The quantitative estimate of drug-likeness (QED) is 0.726. The minimum Gasteiger partial charge on any atom is -0.479 e. The Bertz CT molecular complexity index is 958. The second-order valence-electron chi connectivity index (χ2n) is 6.27. The summed E-state index contributed by atoms with van der Waals surface area (Å²) in [6.45, 7) is 1.21. The minimum absolute atomic E-state index is 0.00596. The van der Waals surface area contributed by atoms with Crippen molar-refractivity contribution in [1.29, 1.82) is 0 Å². The van der Waals surface area contributed by atoms with E-state index in [0.717, 1.165) is 24.3 Å². The van der Waals surface area contributed by atoms with E-state index in [2.05, 4.69) is 16.0 Å². The monoisotopic (exact) mass is 407 g/mol. The largest absolute Gasteiger partial charge is 0.479 e. The molecule has 0 spiro atoms. The van der Waals surface area contributed by atoms with Crippen molar-refractivity contribution in [3.63, 3.8) is 0 Å². The number of hydrogen-bond acceptors (Lipinski definition) is 4. The summed E-state index contributed by atoms with van der Waals surface area (Å²) in [6, 6.07) is 8.31. The Morgan fingerprint density at radius 1 is 1.14 bits per heavy atom. The van der Waals surface area contributed by atoms with Gasteiger partial charge in [-0.05, 0) is 49.4 Å². The highest BCUT2D eigenvalue weighted by Crippen LogP contribution is 2.32. The number of anilines is 2. The smallest absolute Gasteiger partial charge is 0.416 e. The van der Waals surface area contributed by atoms with Crippen molar-refractivity contribution < 1.29 is 32.3 Å². The lowest BCUT2D eigenvalue weighted by Crippen LogP contribution is -2.34. The molecule has 0 aliphatic carbocycles. The van der Waals surface area contributed by atoms with Gasteiger partial charge in [0.15, 0.2) is 6.10 Å². The van der Waals surface area contributed by atoms with Gasteiger partial charge in [-0.15, -0.1) is 0 Å². The molecule has 0 saturated heterocycles. The number of rotatable bonds is 4. The van der Waals surface area contributed by atoms with Crippen LogP contribution in [0.2, 0.25) is 0 Å². The molecule has 0 radical (unpaired) electrons. The SMILES string of the molecule is C[C@@H]1Oc2ccc(NC(=O)CNC(=O)c3ccc(C(F)(F)F)cc3)cc2NC1=O. The fraction of sp³-hybridized carbons (Fsp3) is 0.211. The number of amides is 3. The standard InChI is InChI=1S/C19H16F3N3O4/c1-10-17(27)25-14-8-13(6-7-15(14)29-10)24-16(26)9-23-18(28)11-2-4-12(5-3-11)19(20,21)22/h2-8,10H,9H2,1H3,(H,23,28)(H,24,26)(H,25,27)/t10-/m0/s1. The van der Waals surface area contributed by atoms with E-state index in [4.69, 9.17) is 4.74 Å². The van der Waals surface area contributed by atoms with Gasteiger partial charge in [-0.25, -0.2) is 0 Å². The number of benzene rings is 2. The highest BCUT2D eigenvalue weighted by molar-refractivity contribution is 6.01. The molecule has 0 saturated carbocycles. The number of halogens is 3. The summed E-state index contributed by atoms with van der Waals surface area (Å²) in [4.78, 5) is 35.7. The summed E-state index contributed by atoms with van der Waals surface area (Å²) in [5.41, 5.74) is -0.103. The van der Waals surface area contributed by atoms with Gasteiger partial charge in [-0.3, -0.25) is 14.4 Å². The molecule has 29 heavy (non-hydrogen) atoms. The van der Waals surface area contributed by atoms with Crippen molar-refractivity contribution >= 4 is 29.1 Å². The molecule has 3 N–H and O–H groups in total. The first-order valence-electron chi connectivity index (χ1n) is 8.50. The second-order valence-corrected chi connectivity index (χ2v) is 6.27. The summed E-state index contributed by atoms with van der Waals surface area (Å²) in [5.74, 6) is -1.09. The van der Waals surface area contributed by atoms with Crippen molar-refractivity contribution in [1.82, 2.24) is 5.32 Å². The number of hydrogen-bond donors (Lipinski definition) is 3. The summed E-state index contributed by atoms with van der Waals surface area (Å²) in [6.07, 6.45) is -5.12. The molecular formula is C19H16F3N3O4. The lowest BCUT2D eigenvalue weighted by Gasteiger charge is -2.23. The van der Waals surface area contributed by atoms with Gasteiger partial charge in [0.25, 0.3) is 11.8 Å². The van der Waals surface area contributed by atoms with Gasteiger partial charge in [0.2, 0.25) is 5.91 Å². The maximum atomic E-state index is 12.5. The highest BCUT2D eigenvalue weighted by Gasteiger charge is 2.30. The van der Waals surface area contributed by atoms with Gasteiger partial charge in [-0.2, -0.15) is 13.2 Å². The van der Waals surface area contributed by atoms with E-state index >= 15 is 0 Å². The zero-order valence-corrected chi connectivity index (χ0v) is 15.1. The molecule has 0 fully saturated rings. The van der Waals surface area contributed by atoms with E-state index in [1.54, 1.807) is 19.1 Å². The van der Waals surface area contributed by atoms with Gasteiger partial charge in [0, 0.05) is 11.3 Å². The number of nitrogens with one attached hydrogen (secondary N) is 3. The maximum Gasteiger partial charge on any atom is 0.416 e. The number of alkyl halides is 3. The van der Waals surface area contributed by atoms with Crippen LogP contribution in [0.25, 0.3) is 0 Å². The number of carbonyl (C=O) groups excluding carboxylic acids is 3. The number of carbonyl (C=O) groups is 3. The first kappa shape index (κ1) is 20.2. The highest BCUT2D eigenvalue weighted by atomic mass is 19.4. The van der Waals surface area contributed by atoms with E-state index in [1.807, 2.05) is 0 Å². The van der Waals surface area contributed by atoms with Gasteiger partial charge >= 0.3 is 6.18 Å². The topological polar surface area (TPSA) is 96.5 Å². The predicted octanol–water partition coefficient (Wildman–Crippen LogP) is 2.79. The van der Waals surface area contributed by atoms with Crippen molar-refractivity contribution in [2.24, 2.45) is 0 Å². The third-order valence-corrected chi connectivity index (χ3v) is 4.08. The Hall–Kier alpha value is -3.56. The molecule has 2 aromatic carbocycles. The molecule has 0 aromatic heterocycles. The van der Waals surface area contributed by atoms with Crippen LogP contribution in [0.3, 0.4) is 0 Å². The maximum absolute atomic E-state index is 12.5. The van der Waals surface area contributed by atoms with Crippen molar-refractivity contribution in [3.05, 3.63) is 53.6 Å². The summed E-state index contributed by atoms with van der Waals surface area (Å²) in [7, 11) is 0. The zero-order valence-electron chi connectivity index (χ0n) is 15.1. The molecule has 1 aliphatic rings. The van der Waals surface area contributed by atoms with Crippen LogP contribution in [-0.4, -0.2) is 30.4 Å². The lowest BCUT2D eigenvalue weighted by atomic mass is 10.1. The Labute approximate surface area is 163 Å². The van der Waals surface area contributed by atoms with E-state index in [0.29, 0.717) is 17.1 Å². The van der Waals surface area contributed by atoms with E-state index in [9.17, 15) is 27.6 Å². The normalized spacial score (nSPS) is 15.6. The predicted molar refractivity (Wildman–Crippen MR) is 97.6 cm³/mol. The summed E-state index contributed by atoms with van der Waals surface area (Å²) in [5, 5.41) is 7.52. The van der Waals surface area contributed by atoms with Crippen molar-refractivity contribution in [2.45, 2.75) is 19.2 Å². The molecule has 2 aromatic rings. The Balaban J connectivity index is 1.55. The molecule has 0 unspecified atom stereocenters. The van der Waals surface area contributed by atoms with Crippen LogP contribution in [0.15, 0.2) is 42.5 Å². The van der Waals surface area contributed by atoms with Crippen LogP contribution in [0.5, 0.6) is 5.75 Å². The third kappa shape index (κ3) is 4.84. The molecule has 1 heterocycles. The molecule has 1 atom stereocenters. The van der Waals surface area contributed by atoms with Crippen molar-refractivity contribution in [2.75, 3.05) is 17.2 Å². The van der Waals surface area contributed by atoms with Crippen LogP contribution in [0, 0.1) is 0 Å². The van der Waals surface area contributed by atoms with E-state index < -0.39 is 36.2 Å². The molecular weight excluding hydrogens is 391 g/mol. The van der Waals surface area contributed by atoms with Gasteiger partial charge in [0.05, 0.1) is 17.8 Å². The van der Waals surface area contributed by atoms with Gasteiger partial charge in [0.1, 0.15) is 5.75 Å². The fourth-order valence-electron chi connectivity index (χ4n) is 2.56. The van der Waals surface area contributed by atoms with Crippen LogP contribution < -0.4 is 20.7 Å². The average molecular weight is 407 g/mol. The molecule has 1 aliphatic heterocycles. The van der Waals surface area contributed by atoms with Crippen LogP contribution in [0.1, 0.15) is 22.8 Å². The van der Waals surface area contributed by atoms with Crippen LogP contribution >= 0.6 is 0 Å². The minimum atomic E-state index is -4.49. The van der Waals surface area contributed by atoms with Crippen molar-refractivity contribution in [3.8, 4) is 5.75 Å². The van der Waals surface area contributed by atoms with Gasteiger partial charge in [-0.1, -0.05) is 0 Å². The number of fused-ring (bicyclic) bond motifs is 1. The Kier molecular flexibility index (Phi) is 5.44. The first-order valence-corrected chi connectivity index (χ1v) is 8.50. The van der Waals surface area contributed by atoms with E-state index in [1.165, 1.54) is 6.07 Å². The lowest BCUT2D eigenvalue weighted by molar-refractivity contribution is -0.137. The molecule has 152 valence electrons. The molecule has 10 heteroatoms. The zero-order chi connectivity index (χ0) is 21.2. The molecule has 0 bridgehead atoms. The number of ether oxygens (including phenoxy) is 1. The first-order chi connectivity index (χ1) is 13.6. The summed E-state index contributed by atoms with van der Waals surface area (Å²) >= 11 is 0. The van der Waals surface area contributed by atoms with Crippen LogP contribution in [0.4, 0.5) is 24.5 Å². The fourth-order valence-corrected chi connectivity index (χ4v) is 2.56. The molecule has 3 rings (SSSR count). The van der Waals surface area contributed by atoms with E-state index in [-0.39, 0.29) is 11.5 Å². The Morgan fingerprint density at radius 3 is 2.48 bits per heavy atom. The molecule has 3 amide bonds. The Morgan fingerprint density at radius 2 is 1.83 bits per heavy atom.